The first-order valence-electron chi connectivity index (χ1n) is 5.44. The highest BCUT2D eigenvalue weighted by molar-refractivity contribution is 7.89. The summed E-state index contributed by atoms with van der Waals surface area (Å²) in [6, 6.07) is 1.32. The molecule has 1 unspecified atom stereocenters. The number of nitrogens with zero attached hydrogens (tertiary/aromatic N) is 2. The van der Waals surface area contributed by atoms with Crippen LogP contribution in [0.4, 0.5) is 5.82 Å². The Bertz CT molecular complexity index is 549. The molecular weight excluding hydrogens is 278 g/mol. The van der Waals surface area contributed by atoms with Crippen LogP contribution in [0.25, 0.3) is 0 Å². The van der Waals surface area contributed by atoms with Crippen molar-refractivity contribution >= 4 is 27.4 Å². The van der Waals surface area contributed by atoms with Crippen LogP contribution < -0.4 is 5.73 Å². The number of ether oxygens (including phenoxy) is 1. The maximum atomic E-state index is 12.3. The van der Waals surface area contributed by atoms with E-state index < -0.39 is 10.0 Å². The van der Waals surface area contributed by atoms with E-state index in [4.69, 9.17) is 22.1 Å². The summed E-state index contributed by atoms with van der Waals surface area (Å²) in [6.45, 7) is 2.87. The first-order chi connectivity index (χ1) is 8.41. The van der Waals surface area contributed by atoms with Gasteiger partial charge in [0.05, 0.1) is 17.7 Å². The second-order valence-corrected chi connectivity index (χ2v) is 6.43. The molecule has 0 amide bonds. The number of morpholine rings is 1. The monoisotopic (exact) mass is 291 g/mol. The third-order valence-electron chi connectivity index (χ3n) is 2.69. The van der Waals surface area contributed by atoms with Crippen LogP contribution in [-0.4, -0.2) is 43.5 Å². The van der Waals surface area contributed by atoms with Crippen LogP contribution in [0.2, 0.25) is 5.02 Å². The SMILES string of the molecule is CC1CN(S(=O)(=O)c2cnc(N)c(Cl)c2)CCO1. The molecule has 1 fully saturated rings. The van der Waals surface area contributed by atoms with Crippen molar-refractivity contribution in [3.8, 4) is 0 Å². The zero-order chi connectivity index (χ0) is 13.3. The molecule has 1 aromatic heterocycles. The van der Waals surface area contributed by atoms with Crippen LogP contribution in [0.3, 0.4) is 0 Å². The summed E-state index contributed by atoms with van der Waals surface area (Å²) in [5.74, 6) is 0.117. The molecule has 0 bridgehead atoms. The van der Waals surface area contributed by atoms with Gasteiger partial charge in [-0.05, 0) is 13.0 Å². The predicted molar refractivity (Wildman–Crippen MR) is 67.8 cm³/mol. The van der Waals surface area contributed by atoms with Crippen LogP contribution in [0.1, 0.15) is 6.92 Å². The number of hydrogen-bond donors (Lipinski definition) is 1. The average molecular weight is 292 g/mol. The van der Waals surface area contributed by atoms with Gasteiger partial charge >= 0.3 is 0 Å². The van der Waals surface area contributed by atoms with E-state index in [0.717, 1.165) is 0 Å². The van der Waals surface area contributed by atoms with E-state index in [1.165, 1.54) is 16.6 Å². The summed E-state index contributed by atoms with van der Waals surface area (Å²) in [4.78, 5) is 3.82. The smallest absolute Gasteiger partial charge is 0.244 e. The number of anilines is 1. The lowest BCUT2D eigenvalue weighted by Crippen LogP contribution is -2.44. The third kappa shape index (κ3) is 2.59. The largest absolute Gasteiger partial charge is 0.382 e. The molecule has 0 aromatic carbocycles. The van der Waals surface area contributed by atoms with E-state index in [1.54, 1.807) is 0 Å². The second kappa shape index (κ2) is 5.00. The Hall–Kier alpha value is -0.890. The lowest BCUT2D eigenvalue weighted by atomic mass is 10.3. The molecule has 1 aliphatic rings. The van der Waals surface area contributed by atoms with Crippen molar-refractivity contribution in [2.24, 2.45) is 0 Å². The molecule has 1 atom stereocenters. The molecule has 0 saturated carbocycles. The summed E-state index contributed by atoms with van der Waals surface area (Å²) in [5, 5.41) is 0.136. The van der Waals surface area contributed by atoms with Gasteiger partial charge in [-0.1, -0.05) is 11.6 Å². The van der Waals surface area contributed by atoms with Gasteiger partial charge in [0.1, 0.15) is 10.7 Å². The minimum Gasteiger partial charge on any atom is -0.382 e. The fourth-order valence-electron chi connectivity index (χ4n) is 1.73. The maximum Gasteiger partial charge on any atom is 0.244 e. The number of rotatable bonds is 2. The second-order valence-electron chi connectivity index (χ2n) is 4.08. The van der Waals surface area contributed by atoms with E-state index in [2.05, 4.69) is 4.98 Å². The predicted octanol–water partition coefficient (Wildman–Crippen LogP) is 0.727. The van der Waals surface area contributed by atoms with Gasteiger partial charge < -0.3 is 10.5 Å². The number of sulfonamides is 1. The number of pyridine rings is 1. The van der Waals surface area contributed by atoms with E-state index in [-0.39, 0.29) is 21.8 Å². The maximum absolute atomic E-state index is 12.3. The molecule has 6 nitrogen and oxygen atoms in total. The first kappa shape index (κ1) is 13.5. The van der Waals surface area contributed by atoms with Crippen molar-refractivity contribution in [1.29, 1.82) is 0 Å². The summed E-state index contributed by atoms with van der Waals surface area (Å²) in [5.41, 5.74) is 5.46. The molecule has 18 heavy (non-hydrogen) atoms. The lowest BCUT2D eigenvalue weighted by Gasteiger charge is -2.30. The Labute approximate surface area is 111 Å². The van der Waals surface area contributed by atoms with Crippen LogP contribution in [0, 0.1) is 0 Å². The zero-order valence-corrected chi connectivity index (χ0v) is 11.4. The fourth-order valence-corrected chi connectivity index (χ4v) is 3.43. The van der Waals surface area contributed by atoms with Crippen molar-refractivity contribution < 1.29 is 13.2 Å². The van der Waals surface area contributed by atoms with Gasteiger partial charge in [0.25, 0.3) is 0 Å². The highest BCUT2D eigenvalue weighted by atomic mass is 35.5. The Morgan fingerprint density at radius 2 is 2.33 bits per heavy atom. The highest BCUT2D eigenvalue weighted by Gasteiger charge is 2.29. The average Bonchev–Trinajstić information content (AvgIpc) is 2.32. The van der Waals surface area contributed by atoms with E-state index >= 15 is 0 Å². The van der Waals surface area contributed by atoms with Crippen molar-refractivity contribution in [1.82, 2.24) is 9.29 Å². The van der Waals surface area contributed by atoms with E-state index in [0.29, 0.717) is 19.7 Å². The molecule has 2 N–H and O–H groups in total. The molecule has 1 saturated heterocycles. The zero-order valence-electron chi connectivity index (χ0n) is 9.84. The summed E-state index contributed by atoms with van der Waals surface area (Å²) in [6.07, 6.45) is 1.10. The number of halogens is 1. The van der Waals surface area contributed by atoms with Gasteiger partial charge in [0, 0.05) is 19.3 Å². The molecule has 2 rings (SSSR count). The van der Waals surface area contributed by atoms with Crippen molar-refractivity contribution in [2.75, 3.05) is 25.4 Å². The van der Waals surface area contributed by atoms with Crippen LogP contribution in [0.5, 0.6) is 0 Å². The molecule has 0 radical (unpaired) electrons. The molecule has 0 spiro atoms. The van der Waals surface area contributed by atoms with E-state index in [9.17, 15) is 8.42 Å². The summed E-state index contributed by atoms with van der Waals surface area (Å²) < 4.78 is 31.3. The molecule has 2 heterocycles. The molecule has 8 heteroatoms. The van der Waals surface area contributed by atoms with Crippen LogP contribution in [0.15, 0.2) is 17.2 Å². The van der Waals surface area contributed by atoms with E-state index in [1.807, 2.05) is 6.92 Å². The number of nitrogen functional groups attached to an aromatic ring is 1. The number of aromatic nitrogens is 1. The van der Waals surface area contributed by atoms with Crippen LogP contribution in [-0.2, 0) is 14.8 Å². The molecular formula is C10H14ClN3O3S. The van der Waals surface area contributed by atoms with Gasteiger partial charge in [0.15, 0.2) is 0 Å². The topological polar surface area (TPSA) is 85.5 Å². The number of nitrogens with two attached hydrogens (primary N) is 1. The Morgan fingerprint density at radius 1 is 1.61 bits per heavy atom. The van der Waals surface area contributed by atoms with Crippen molar-refractivity contribution in [2.45, 2.75) is 17.9 Å². The van der Waals surface area contributed by atoms with Gasteiger partial charge in [-0.15, -0.1) is 0 Å². The van der Waals surface area contributed by atoms with Gasteiger partial charge in [-0.25, -0.2) is 13.4 Å². The Morgan fingerprint density at radius 3 is 2.94 bits per heavy atom. The third-order valence-corrected chi connectivity index (χ3v) is 4.82. The first-order valence-corrected chi connectivity index (χ1v) is 7.26. The minimum atomic E-state index is -3.58. The Kier molecular flexibility index (Phi) is 3.76. The normalized spacial score (nSPS) is 22.0. The van der Waals surface area contributed by atoms with Crippen LogP contribution >= 0.6 is 11.6 Å². The standard InChI is InChI=1S/C10H14ClN3O3S/c1-7-6-14(2-3-17-7)18(15,16)8-4-9(11)10(12)13-5-8/h4-5,7H,2-3,6H2,1H3,(H2,12,13). The molecule has 1 aliphatic heterocycles. The lowest BCUT2D eigenvalue weighted by molar-refractivity contribution is 0.0102. The fraction of sp³-hybridized carbons (Fsp3) is 0.500. The number of hydrogen-bond acceptors (Lipinski definition) is 5. The molecule has 100 valence electrons. The molecule has 0 aliphatic carbocycles. The van der Waals surface area contributed by atoms with Gasteiger partial charge in [-0.2, -0.15) is 4.31 Å². The van der Waals surface area contributed by atoms with Gasteiger partial charge in [0.2, 0.25) is 10.0 Å². The quantitative estimate of drug-likeness (QED) is 0.868. The van der Waals surface area contributed by atoms with Crippen molar-refractivity contribution in [3.63, 3.8) is 0 Å². The highest BCUT2D eigenvalue weighted by Crippen LogP contribution is 2.23. The van der Waals surface area contributed by atoms with Crippen molar-refractivity contribution in [3.05, 3.63) is 17.3 Å². The van der Waals surface area contributed by atoms with Gasteiger partial charge in [-0.3, -0.25) is 0 Å². The summed E-state index contributed by atoms with van der Waals surface area (Å²) >= 11 is 5.79. The summed E-state index contributed by atoms with van der Waals surface area (Å²) in [7, 11) is -3.58. The minimum absolute atomic E-state index is 0.0517. The Balaban J connectivity index is 2.32. The molecule has 1 aromatic rings.